The SMILES string of the molecule is Cn1cc(-c2cc(O)c(-c3ccc(O[C@@H]4CC5CCCC(N5)[C@@H]4F)nn3)c(F)c2)cn1. The van der Waals surface area contributed by atoms with Gasteiger partial charge in [-0.25, -0.2) is 8.78 Å². The summed E-state index contributed by atoms with van der Waals surface area (Å²) in [5.41, 5.74) is 1.31. The van der Waals surface area contributed by atoms with Crippen LogP contribution in [0, 0.1) is 5.82 Å². The van der Waals surface area contributed by atoms with Gasteiger partial charge in [-0.2, -0.15) is 5.10 Å². The highest BCUT2D eigenvalue weighted by molar-refractivity contribution is 5.74. The number of nitrogens with one attached hydrogen (secondary N) is 1. The molecule has 0 radical (unpaired) electrons. The third kappa shape index (κ3) is 3.85. The van der Waals surface area contributed by atoms with Gasteiger partial charge in [-0.3, -0.25) is 4.68 Å². The molecule has 4 heterocycles. The quantitative estimate of drug-likeness (QED) is 0.664. The molecule has 2 aromatic heterocycles. The number of aromatic nitrogens is 4. The smallest absolute Gasteiger partial charge is 0.233 e. The maximum absolute atomic E-state index is 14.8. The summed E-state index contributed by atoms with van der Waals surface area (Å²) >= 11 is 0. The number of phenolic OH excluding ortho intramolecular Hbond substituents is 1. The van der Waals surface area contributed by atoms with Crippen LogP contribution in [0.3, 0.4) is 0 Å². The van der Waals surface area contributed by atoms with E-state index in [-0.39, 0.29) is 35.0 Å². The van der Waals surface area contributed by atoms with Gasteiger partial charge in [0, 0.05) is 43.4 Å². The highest BCUT2D eigenvalue weighted by atomic mass is 19.1. The minimum atomic E-state index is -1.11. The van der Waals surface area contributed by atoms with E-state index in [4.69, 9.17) is 4.74 Å². The fourth-order valence-electron chi connectivity index (χ4n) is 4.53. The second kappa shape index (κ2) is 7.88. The van der Waals surface area contributed by atoms with Gasteiger partial charge in [-0.15, -0.1) is 10.2 Å². The number of aryl methyl sites for hydroxylation is 1. The number of benzene rings is 1. The van der Waals surface area contributed by atoms with E-state index in [0.717, 1.165) is 19.3 Å². The molecule has 2 unspecified atom stereocenters. The molecule has 7 nitrogen and oxygen atoms in total. The summed E-state index contributed by atoms with van der Waals surface area (Å²) in [6.45, 7) is 0. The van der Waals surface area contributed by atoms with Gasteiger partial charge < -0.3 is 15.2 Å². The van der Waals surface area contributed by atoms with E-state index in [0.29, 0.717) is 17.5 Å². The Balaban J connectivity index is 1.35. The van der Waals surface area contributed by atoms with Crippen molar-refractivity contribution in [3.63, 3.8) is 0 Å². The zero-order valence-corrected chi connectivity index (χ0v) is 17.0. The van der Waals surface area contributed by atoms with Crippen molar-refractivity contribution in [1.29, 1.82) is 0 Å². The van der Waals surface area contributed by atoms with Crippen LogP contribution >= 0.6 is 0 Å². The van der Waals surface area contributed by atoms with E-state index < -0.39 is 18.1 Å². The molecule has 31 heavy (non-hydrogen) atoms. The first-order chi connectivity index (χ1) is 15.0. The van der Waals surface area contributed by atoms with Crippen molar-refractivity contribution in [2.45, 2.75) is 50.0 Å². The molecule has 0 aliphatic carbocycles. The molecule has 4 atom stereocenters. The van der Waals surface area contributed by atoms with Crippen LogP contribution in [0.25, 0.3) is 22.4 Å². The first kappa shape index (κ1) is 19.9. The molecule has 0 saturated carbocycles. The van der Waals surface area contributed by atoms with Gasteiger partial charge in [0.25, 0.3) is 0 Å². The van der Waals surface area contributed by atoms with Crippen molar-refractivity contribution >= 4 is 0 Å². The van der Waals surface area contributed by atoms with Gasteiger partial charge in [0.05, 0.1) is 17.5 Å². The monoisotopic (exact) mass is 427 g/mol. The van der Waals surface area contributed by atoms with Crippen LogP contribution in [-0.2, 0) is 7.05 Å². The van der Waals surface area contributed by atoms with Crippen LogP contribution in [-0.4, -0.2) is 49.4 Å². The standard InChI is InChI=1S/C22H23F2N5O2/c1-29-11-13(10-25-29)12-7-15(23)21(18(30)8-12)16-5-6-20(28-27-16)31-19-9-14-3-2-4-17(26-14)22(19)24/h5-8,10-11,14,17,19,22,26,30H,2-4,9H2,1H3/t14?,17?,19-,22+/m1/s1. The van der Waals surface area contributed by atoms with Gasteiger partial charge in [0.2, 0.25) is 5.88 Å². The van der Waals surface area contributed by atoms with Gasteiger partial charge >= 0.3 is 0 Å². The van der Waals surface area contributed by atoms with E-state index in [1.165, 1.54) is 24.3 Å². The van der Waals surface area contributed by atoms with Crippen LogP contribution in [0.1, 0.15) is 25.7 Å². The van der Waals surface area contributed by atoms with Crippen molar-refractivity contribution in [2.24, 2.45) is 7.05 Å². The summed E-state index contributed by atoms with van der Waals surface area (Å²) in [6, 6.07) is 5.89. The summed E-state index contributed by atoms with van der Waals surface area (Å²) in [7, 11) is 1.76. The van der Waals surface area contributed by atoms with E-state index >= 15 is 0 Å². The molecule has 1 aromatic carbocycles. The number of alkyl halides is 1. The normalized spacial score (nSPS) is 25.4. The van der Waals surface area contributed by atoms with Crippen molar-refractivity contribution in [3.05, 3.63) is 42.5 Å². The third-order valence-corrected chi connectivity index (χ3v) is 6.05. The van der Waals surface area contributed by atoms with Crippen LogP contribution in [0.2, 0.25) is 0 Å². The molecular weight excluding hydrogens is 404 g/mol. The Morgan fingerprint density at radius 3 is 2.77 bits per heavy atom. The summed E-state index contributed by atoms with van der Waals surface area (Å²) in [5, 5.41) is 25.8. The van der Waals surface area contributed by atoms with Crippen molar-refractivity contribution in [1.82, 2.24) is 25.3 Å². The summed E-state index contributed by atoms with van der Waals surface area (Å²) < 4.78 is 36.9. The maximum Gasteiger partial charge on any atom is 0.233 e. The Kier molecular flexibility index (Phi) is 5.05. The predicted molar refractivity (Wildman–Crippen MR) is 110 cm³/mol. The molecule has 162 valence electrons. The molecule has 3 aromatic rings. The van der Waals surface area contributed by atoms with Crippen LogP contribution < -0.4 is 10.1 Å². The molecule has 5 rings (SSSR count). The van der Waals surface area contributed by atoms with E-state index in [1.54, 1.807) is 24.1 Å². The Bertz CT molecular complexity index is 1060. The van der Waals surface area contributed by atoms with Crippen LogP contribution in [0.4, 0.5) is 8.78 Å². The number of rotatable bonds is 4. The summed E-state index contributed by atoms with van der Waals surface area (Å²) in [5.74, 6) is -0.697. The summed E-state index contributed by atoms with van der Waals surface area (Å²) in [4.78, 5) is 0. The van der Waals surface area contributed by atoms with E-state index in [9.17, 15) is 13.9 Å². The lowest BCUT2D eigenvalue weighted by molar-refractivity contribution is 0.00652. The average Bonchev–Trinajstić information content (AvgIpc) is 3.19. The second-order valence-corrected chi connectivity index (χ2v) is 8.25. The lowest BCUT2D eigenvalue weighted by Crippen LogP contribution is -2.59. The van der Waals surface area contributed by atoms with Crippen molar-refractivity contribution in [2.75, 3.05) is 0 Å². The first-order valence-electron chi connectivity index (χ1n) is 10.4. The highest BCUT2D eigenvalue weighted by Crippen LogP contribution is 2.36. The topological polar surface area (TPSA) is 85.1 Å². The molecule has 2 N–H and O–H groups in total. The van der Waals surface area contributed by atoms with Gasteiger partial charge in [-0.05, 0) is 36.6 Å². The number of hydrogen-bond acceptors (Lipinski definition) is 6. The number of halogens is 2. The zero-order chi connectivity index (χ0) is 21.5. The Labute approximate surface area is 178 Å². The minimum Gasteiger partial charge on any atom is -0.507 e. The number of aromatic hydroxyl groups is 1. The predicted octanol–water partition coefficient (Wildman–Crippen LogP) is 3.39. The number of phenols is 1. The molecular formula is C22H23F2N5O2. The number of nitrogens with zero attached hydrogens (tertiary/aromatic N) is 4. The van der Waals surface area contributed by atoms with Gasteiger partial charge in [0.15, 0.2) is 6.17 Å². The molecule has 2 aliphatic rings. The van der Waals surface area contributed by atoms with E-state index in [2.05, 4.69) is 20.6 Å². The molecule has 2 aliphatic heterocycles. The van der Waals surface area contributed by atoms with Crippen molar-refractivity contribution < 1.29 is 18.6 Å². The molecule has 2 bridgehead atoms. The number of fused-ring (bicyclic) bond motifs is 2. The fraction of sp³-hybridized carbons (Fsp3) is 0.409. The minimum absolute atomic E-state index is 0.0496. The molecule has 2 fully saturated rings. The molecule has 0 amide bonds. The Morgan fingerprint density at radius 1 is 1.19 bits per heavy atom. The summed E-state index contributed by atoms with van der Waals surface area (Å²) in [6.07, 6.45) is 5.04. The third-order valence-electron chi connectivity index (χ3n) is 6.05. The Morgan fingerprint density at radius 2 is 2.06 bits per heavy atom. The zero-order valence-electron chi connectivity index (χ0n) is 17.0. The lowest BCUT2D eigenvalue weighted by atomic mass is 9.84. The highest BCUT2D eigenvalue weighted by Gasteiger charge is 2.41. The number of ether oxygens (including phenoxy) is 1. The number of hydrogen-bond donors (Lipinski definition) is 2. The molecule has 9 heteroatoms. The number of piperidine rings is 2. The van der Waals surface area contributed by atoms with Crippen molar-refractivity contribution in [3.8, 4) is 34.0 Å². The first-order valence-corrected chi connectivity index (χ1v) is 10.4. The second-order valence-electron chi connectivity index (χ2n) is 8.25. The average molecular weight is 427 g/mol. The van der Waals surface area contributed by atoms with E-state index in [1.807, 2.05) is 0 Å². The fourth-order valence-corrected chi connectivity index (χ4v) is 4.53. The van der Waals surface area contributed by atoms with Gasteiger partial charge in [-0.1, -0.05) is 6.42 Å². The molecule has 0 spiro atoms. The van der Waals surface area contributed by atoms with Gasteiger partial charge in [0.1, 0.15) is 17.7 Å². The maximum atomic E-state index is 14.8. The Hall–Kier alpha value is -3.07. The largest absolute Gasteiger partial charge is 0.507 e. The van der Waals surface area contributed by atoms with Crippen LogP contribution in [0.5, 0.6) is 11.6 Å². The lowest BCUT2D eigenvalue weighted by Gasteiger charge is -2.42. The molecule has 2 saturated heterocycles. The van der Waals surface area contributed by atoms with Crippen LogP contribution in [0.15, 0.2) is 36.7 Å².